The highest BCUT2D eigenvalue weighted by atomic mass is 16.6. The third-order valence-corrected chi connectivity index (χ3v) is 6.73. The number of carboxylic acid groups (broad SMARTS) is 1. The number of carboxylic acids is 1. The molecule has 0 saturated carbocycles. The molecule has 8 heteroatoms. The van der Waals surface area contributed by atoms with Crippen LogP contribution >= 0.6 is 0 Å². The van der Waals surface area contributed by atoms with Crippen LogP contribution in [0.3, 0.4) is 0 Å². The standard InChI is InChI=1S/C31H46O8/c1-20-15-22(17-24(27(20)35)29(3,4)5)31(19-26(33)34,39-14-13-38-12-11-37-10-9-32)23-16-21(2)28(36)25(18-23)30(6,7)8/h15-18,32,35-36H,9-14,19H2,1-8H3,(H,33,34). The van der Waals surface area contributed by atoms with E-state index in [2.05, 4.69) is 0 Å². The molecule has 0 amide bonds. The fraction of sp³-hybridized carbons (Fsp3) is 0.581. The predicted octanol–water partition coefficient (Wildman–Crippen LogP) is 5.07. The summed E-state index contributed by atoms with van der Waals surface area (Å²) in [5.41, 5.74) is 1.51. The Hall–Kier alpha value is -2.65. The Bertz CT molecular complexity index is 1060. The minimum Gasteiger partial charge on any atom is -0.507 e. The number of aliphatic hydroxyl groups is 1. The highest BCUT2D eigenvalue weighted by Gasteiger charge is 2.41. The Balaban J connectivity index is 2.72. The summed E-state index contributed by atoms with van der Waals surface area (Å²) in [5, 5.41) is 40.8. The number of aliphatic hydroxyl groups excluding tert-OH is 1. The number of hydrogen-bond donors (Lipinski definition) is 4. The Labute approximate surface area is 232 Å². The largest absolute Gasteiger partial charge is 0.507 e. The first-order valence-electron chi connectivity index (χ1n) is 13.4. The highest BCUT2D eigenvalue weighted by Crippen LogP contribution is 2.45. The number of phenolic OH excluding ortho intramolecular Hbond substituents is 2. The molecular weight excluding hydrogens is 500 g/mol. The van der Waals surface area contributed by atoms with E-state index in [-0.39, 0.29) is 44.3 Å². The van der Waals surface area contributed by atoms with Crippen LogP contribution in [0.1, 0.15) is 81.3 Å². The van der Waals surface area contributed by atoms with Gasteiger partial charge in [0.1, 0.15) is 17.1 Å². The van der Waals surface area contributed by atoms with Gasteiger partial charge in [-0.3, -0.25) is 4.79 Å². The minimum absolute atomic E-state index is 0.0635. The van der Waals surface area contributed by atoms with Crippen LogP contribution in [-0.2, 0) is 35.4 Å². The van der Waals surface area contributed by atoms with E-state index in [0.717, 1.165) is 0 Å². The van der Waals surface area contributed by atoms with Gasteiger partial charge in [0, 0.05) is 0 Å². The smallest absolute Gasteiger partial charge is 0.307 e. The second kappa shape index (κ2) is 13.1. The fourth-order valence-corrected chi connectivity index (χ4v) is 4.63. The third kappa shape index (κ3) is 8.18. The van der Waals surface area contributed by atoms with Crippen molar-refractivity contribution in [2.45, 2.75) is 78.2 Å². The van der Waals surface area contributed by atoms with Crippen molar-refractivity contribution >= 4 is 5.97 Å². The van der Waals surface area contributed by atoms with Gasteiger partial charge in [-0.05, 0) is 82.3 Å². The number of aromatic hydroxyl groups is 2. The van der Waals surface area contributed by atoms with E-state index < -0.39 is 22.4 Å². The maximum atomic E-state index is 12.4. The zero-order valence-corrected chi connectivity index (χ0v) is 24.7. The molecule has 0 aliphatic carbocycles. The summed E-state index contributed by atoms with van der Waals surface area (Å²) < 4.78 is 17.4. The number of aryl methyl sites for hydroxylation is 2. The summed E-state index contributed by atoms with van der Waals surface area (Å²) in [6.07, 6.45) is -0.381. The molecule has 0 aliphatic heterocycles. The van der Waals surface area contributed by atoms with Crippen LogP contribution in [0.15, 0.2) is 24.3 Å². The average Bonchev–Trinajstić information content (AvgIpc) is 2.81. The van der Waals surface area contributed by atoms with Crippen molar-refractivity contribution in [2.75, 3.05) is 39.6 Å². The third-order valence-electron chi connectivity index (χ3n) is 6.73. The monoisotopic (exact) mass is 546 g/mol. The molecule has 2 aromatic rings. The van der Waals surface area contributed by atoms with Crippen molar-refractivity contribution in [1.29, 1.82) is 0 Å². The van der Waals surface area contributed by atoms with Crippen LogP contribution in [0.4, 0.5) is 0 Å². The van der Waals surface area contributed by atoms with Crippen molar-refractivity contribution in [1.82, 2.24) is 0 Å². The molecule has 8 nitrogen and oxygen atoms in total. The summed E-state index contributed by atoms with van der Waals surface area (Å²) in [6, 6.07) is 7.20. The summed E-state index contributed by atoms with van der Waals surface area (Å²) in [4.78, 5) is 12.4. The van der Waals surface area contributed by atoms with Gasteiger partial charge in [-0.15, -0.1) is 0 Å². The van der Waals surface area contributed by atoms with Crippen LogP contribution in [0.5, 0.6) is 11.5 Å². The van der Waals surface area contributed by atoms with Gasteiger partial charge >= 0.3 is 5.97 Å². The summed E-state index contributed by atoms with van der Waals surface area (Å²) in [5.74, 6) is -0.725. The Morgan fingerprint density at radius 2 is 1.13 bits per heavy atom. The normalized spacial score (nSPS) is 12.6. The first-order valence-corrected chi connectivity index (χ1v) is 13.4. The lowest BCUT2D eigenvalue weighted by Crippen LogP contribution is -2.36. The molecule has 0 saturated heterocycles. The summed E-state index contributed by atoms with van der Waals surface area (Å²) >= 11 is 0. The van der Waals surface area contributed by atoms with E-state index in [1.165, 1.54) is 0 Å². The molecule has 4 N–H and O–H groups in total. The molecular formula is C31H46O8. The molecule has 2 rings (SSSR count). The van der Waals surface area contributed by atoms with Crippen LogP contribution in [0.25, 0.3) is 0 Å². The van der Waals surface area contributed by atoms with E-state index in [1.807, 2.05) is 53.7 Å². The first-order chi connectivity index (χ1) is 18.0. The number of hydrogen-bond acceptors (Lipinski definition) is 7. The molecule has 0 radical (unpaired) electrons. The second-order valence-electron chi connectivity index (χ2n) is 12.1. The number of benzene rings is 2. The van der Waals surface area contributed by atoms with E-state index in [0.29, 0.717) is 46.6 Å². The minimum atomic E-state index is -1.43. The van der Waals surface area contributed by atoms with Crippen LogP contribution in [-0.4, -0.2) is 66.0 Å². The van der Waals surface area contributed by atoms with Crippen molar-refractivity contribution in [2.24, 2.45) is 0 Å². The maximum Gasteiger partial charge on any atom is 0.307 e. The molecule has 0 heterocycles. The molecule has 0 atom stereocenters. The second-order valence-corrected chi connectivity index (χ2v) is 12.1. The first kappa shape index (κ1) is 32.6. The van der Waals surface area contributed by atoms with E-state index in [4.69, 9.17) is 19.3 Å². The summed E-state index contributed by atoms with van der Waals surface area (Å²) in [7, 11) is 0. The zero-order valence-electron chi connectivity index (χ0n) is 24.7. The average molecular weight is 547 g/mol. The molecule has 0 fully saturated rings. The van der Waals surface area contributed by atoms with Gasteiger partial charge in [0.25, 0.3) is 0 Å². The van der Waals surface area contributed by atoms with Gasteiger partial charge in [0.05, 0.1) is 46.1 Å². The van der Waals surface area contributed by atoms with Crippen LogP contribution in [0.2, 0.25) is 0 Å². The van der Waals surface area contributed by atoms with Gasteiger partial charge < -0.3 is 34.6 Å². The van der Waals surface area contributed by atoms with Crippen LogP contribution < -0.4 is 0 Å². The van der Waals surface area contributed by atoms with Crippen molar-refractivity contribution in [3.63, 3.8) is 0 Å². The van der Waals surface area contributed by atoms with Crippen molar-refractivity contribution < 1.29 is 39.4 Å². The van der Waals surface area contributed by atoms with Gasteiger partial charge in [0.15, 0.2) is 0 Å². The fourth-order valence-electron chi connectivity index (χ4n) is 4.63. The maximum absolute atomic E-state index is 12.4. The SMILES string of the molecule is Cc1cc(C(CC(=O)O)(OCCOCCOCCO)c2cc(C)c(O)c(C(C)(C)C)c2)cc(C(C)(C)C)c1O. The summed E-state index contributed by atoms with van der Waals surface area (Å²) in [6.45, 7) is 16.6. The van der Waals surface area contributed by atoms with E-state index >= 15 is 0 Å². The van der Waals surface area contributed by atoms with Gasteiger partial charge in [-0.2, -0.15) is 0 Å². The van der Waals surface area contributed by atoms with Crippen molar-refractivity contribution in [3.8, 4) is 11.5 Å². The lowest BCUT2D eigenvalue weighted by Gasteiger charge is -2.37. The lowest BCUT2D eigenvalue weighted by atomic mass is 9.75. The number of carbonyl (C=O) groups is 1. The Kier molecular flexibility index (Phi) is 11.0. The van der Waals surface area contributed by atoms with Gasteiger partial charge in [-0.1, -0.05) is 41.5 Å². The molecule has 218 valence electrons. The van der Waals surface area contributed by atoms with E-state index in [9.17, 15) is 20.1 Å². The zero-order chi connectivity index (χ0) is 29.6. The van der Waals surface area contributed by atoms with Crippen LogP contribution in [0, 0.1) is 13.8 Å². The number of ether oxygens (including phenoxy) is 3. The lowest BCUT2D eigenvalue weighted by molar-refractivity contribution is -0.145. The van der Waals surface area contributed by atoms with E-state index in [1.54, 1.807) is 26.0 Å². The molecule has 39 heavy (non-hydrogen) atoms. The topological polar surface area (TPSA) is 126 Å². The highest BCUT2D eigenvalue weighted by molar-refractivity contribution is 5.71. The quantitative estimate of drug-likeness (QED) is 0.257. The molecule has 0 unspecified atom stereocenters. The molecule has 0 aromatic heterocycles. The Morgan fingerprint density at radius 3 is 1.51 bits per heavy atom. The predicted molar refractivity (Wildman–Crippen MR) is 151 cm³/mol. The van der Waals surface area contributed by atoms with Gasteiger partial charge in [0.2, 0.25) is 0 Å². The van der Waals surface area contributed by atoms with Crippen molar-refractivity contribution in [3.05, 3.63) is 57.6 Å². The molecule has 2 aromatic carbocycles. The molecule has 0 spiro atoms. The molecule has 0 aliphatic rings. The number of aliphatic carboxylic acids is 1. The Morgan fingerprint density at radius 1 is 0.718 bits per heavy atom. The number of phenols is 2. The number of rotatable bonds is 13. The molecule has 0 bridgehead atoms. The van der Waals surface area contributed by atoms with Gasteiger partial charge in [-0.25, -0.2) is 0 Å².